The fourth-order valence-corrected chi connectivity index (χ4v) is 2.95. The van der Waals surface area contributed by atoms with Gasteiger partial charge in [-0.15, -0.1) is 11.3 Å². The highest BCUT2D eigenvalue weighted by Crippen LogP contribution is 2.12. The number of carbonyl (C=O) groups is 1. The van der Waals surface area contributed by atoms with Crippen LogP contribution >= 0.6 is 23.6 Å². The van der Waals surface area contributed by atoms with E-state index in [2.05, 4.69) is 4.98 Å². The molecule has 1 N–H and O–H groups in total. The second kappa shape index (κ2) is 8.27. The SMILES string of the molecule is CCOC(=O)/C=c1\[nH]c(=S)s\c1=C/c1ccc(OCC#N)cc1. The topological polar surface area (TPSA) is 75.1 Å². The Morgan fingerprint density at radius 3 is 2.83 bits per heavy atom. The van der Waals surface area contributed by atoms with Crippen molar-refractivity contribution in [3.63, 3.8) is 0 Å². The second-order valence-electron chi connectivity index (χ2n) is 4.35. The van der Waals surface area contributed by atoms with Crippen LogP contribution in [-0.2, 0) is 9.53 Å². The summed E-state index contributed by atoms with van der Waals surface area (Å²) in [4.78, 5) is 14.6. The molecule has 0 bridgehead atoms. The van der Waals surface area contributed by atoms with Crippen molar-refractivity contribution in [3.8, 4) is 11.8 Å². The van der Waals surface area contributed by atoms with E-state index in [1.807, 2.05) is 24.3 Å². The molecule has 0 aliphatic heterocycles. The van der Waals surface area contributed by atoms with Crippen molar-refractivity contribution in [1.29, 1.82) is 5.26 Å². The van der Waals surface area contributed by atoms with Crippen LogP contribution in [0.3, 0.4) is 0 Å². The third-order valence-electron chi connectivity index (χ3n) is 2.73. The molecule has 0 saturated carbocycles. The fraction of sp³-hybridized carbons (Fsp3) is 0.188. The third kappa shape index (κ3) is 5.06. The number of aromatic amines is 1. The van der Waals surface area contributed by atoms with Gasteiger partial charge in [-0.05, 0) is 42.9 Å². The Labute approximate surface area is 142 Å². The van der Waals surface area contributed by atoms with E-state index in [0.717, 1.165) is 10.1 Å². The normalized spacial score (nSPS) is 12.0. The Morgan fingerprint density at radius 2 is 2.17 bits per heavy atom. The maximum Gasteiger partial charge on any atom is 0.332 e. The van der Waals surface area contributed by atoms with Crippen molar-refractivity contribution < 1.29 is 14.3 Å². The number of ether oxygens (including phenoxy) is 2. The zero-order valence-corrected chi connectivity index (χ0v) is 14.0. The predicted molar refractivity (Wildman–Crippen MR) is 91.0 cm³/mol. The summed E-state index contributed by atoms with van der Waals surface area (Å²) < 4.78 is 11.5. The minimum atomic E-state index is -0.411. The number of esters is 1. The molecule has 1 aromatic heterocycles. The molecule has 0 amide bonds. The first-order chi connectivity index (χ1) is 11.1. The molecule has 2 aromatic rings. The average molecular weight is 346 g/mol. The number of rotatable bonds is 5. The molecule has 0 atom stereocenters. The zero-order valence-electron chi connectivity index (χ0n) is 12.4. The maximum atomic E-state index is 11.6. The lowest BCUT2D eigenvalue weighted by molar-refractivity contribution is -0.135. The standard InChI is InChI=1S/C16H14N2O3S2/c1-2-20-15(19)10-13-14(23-16(22)18-13)9-11-3-5-12(6-4-11)21-8-7-17/h3-6,9-10H,2,8H2,1H3,(H,18,22)/b13-10-,14-9-. The van der Waals surface area contributed by atoms with Crippen molar-refractivity contribution in [1.82, 2.24) is 4.98 Å². The lowest BCUT2D eigenvalue weighted by atomic mass is 10.2. The number of carbonyl (C=O) groups excluding carboxylic acids is 1. The van der Waals surface area contributed by atoms with E-state index >= 15 is 0 Å². The van der Waals surface area contributed by atoms with E-state index in [1.54, 1.807) is 19.1 Å². The summed E-state index contributed by atoms with van der Waals surface area (Å²) >= 11 is 6.52. The summed E-state index contributed by atoms with van der Waals surface area (Å²) in [6.07, 6.45) is 3.31. The van der Waals surface area contributed by atoms with Crippen molar-refractivity contribution in [2.75, 3.05) is 13.2 Å². The molecule has 0 saturated heterocycles. The van der Waals surface area contributed by atoms with Gasteiger partial charge < -0.3 is 14.5 Å². The Balaban J connectivity index is 2.35. The minimum Gasteiger partial charge on any atom is -0.479 e. The molecular formula is C16H14N2O3S2. The van der Waals surface area contributed by atoms with Gasteiger partial charge in [0, 0.05) is 6.08 Å². The maximum absolute atomic E-state index is 11.6. The number of aromatic nitrogens is 1. The summed E-state index contributed by atoms with van der Waals surface area (Å²) in [5.74, 6) is 0.218. The van der Waals surface area contributed by atoms with Crippen molar-refractivity contribution in [2.45, 2.75) is 6.92 Å². The van der Waals surface area contributed by atoms with Crippen LogP contribution in [0.4, 0.5) is 0 Å². The van der Waals surface area contributed by atoms with Gasteiger partial charge in [0.2, 0.25) is 0 Å². The number of benzene rings is 1. The molecule has 118 valence electrons. The average Bonchev–Trinajstić information content (AvgIpc) is 2.86. The Hall–Kier alpha value is -2.43. The number of nitrogens with zero attached hydrogens (tertiary/aromatic N) is 1. The lowest BCUT2D eigenvalue weighted by Gasteiger charge is -2.00. The van der Waals surface area contributed by atoms with Gasteiger partial charge in [-0.2, -0.15) is 5.26 Å². The number of nitriles is 1. The monoisotopic (exact) mass is 346 g/mol. The first kappa shape index (κ1) is 16.9. The first-order valence-electron chi connectivity index (χ1n) is 6.81. The van der Waals surface area contributed by atoms with E-state index in [1.165, 1.54) is 17.4 Å². The molecule has 1 heterocycles. The van der Waals surface area contributed by atoms with E-state index in [-0.39, 0.29) is 6.61 Å². The summed E-state index contributed by atoms with van der Waals surface area (Å²) in [7, 11) is 0. The molecule has 0 spiro atoms. The van der Waals surface area contributed by atoms with Crippen LogP contribution in [0.1, 0.15) is 12.5 Å². The van der Waals surface area contributed by atoms with Crippen LogP contribution in [0.2, 0.25) is 0 Å². The van der Waals surface area contributed by atoms with E-state index < -0.39 is 5.97 Å². The largest absolute Gasteiger partial charge is 0.479 e. The van der Waals surface area contributed by atoms with Crippen LogP contribution in [0.25, 0.3) is 12.2 Å². The third-order valence-corrected chi connectivity index (χ3v) is 3.93. The molecule has 0 radical (unpaired) electrons. The Morgan fingerprint density at radius 1 is 1.43 bits per heavy atom. The predicted octanol–water partition coefficient (Wildman–Crippen LogP) is 1.88. The van der Waals surface area contributed by atoms with Crippen LogP contribution < -0.4 is 14.6 Å². The van der Waals surface area contributed by atoms with Crippen LogP contribution in [0.15, 0.2) is 24.3 Å². The smallest absolute Gasteiger partial charge is 0.332 e. The molecular weight excluding hydrogens is 332 g/mol. The molecule has 2 rings (SSSR count). The van der Waals surface area contributed by atoms with Gasteiger partial charge in [0.05, 0.1) is 16.5 Å². The summed E-state index contributed by atoms with van der Waals surface area (Å²) in [5.41, 5.74) is 0.929. The first-order valence-corrected chi connectivity index (χ1v) is 8.04. The second-order valence-corrected chi connectivity index (χ2v) is 6.07. The van der Waals surface area contributed by atoms with E-state index in [9.17, 15) is 4.79 Å². The number of nitrogens with one attached hydrogen (secondary N) is 1. The van der Waals surface area contributed by atoms with Crippen molar-refractivity contribution in [2.24, 2.45) is 0 Å². The molecule has 0 unspecified atom stereocenters. The quantitative estimate of drug-likeness (QED) is 0.661. The van der Waals surface area contributed by atoms with Crippen LogP contribution in [-0.4, -0.2) is 24.2 Å². The minimum absolute atomic E-state index is 0.0148. The number of hydrogen-bond acceptors (Lipinski definition) is 6. The van der Waals surface area contributed by atoms with Crippen LogP contribution in [0.5, 0.6) is 5.75 Å². The highest BCUT2D eigenvalue weighted by atomic mass is 32.1. The Bertz CT molecular complexity index is 889. The van der Waals surface area contributed by atoms with Gasteiger partial charge in [0.1, 0.15) is 11.8 Å². The highest BCUT2D eigenvalue weighted by Gasteiger charge is 1.99. The fourth-order valence-electron chi connectivity index (χ4n) is 1.80. The van der Waals surface area contributed by atoms with E-state index in [0.29, 0.717) is 21.7 Å². The van der Waals surface area contributed by atoms with Gasteiger partial charge in [0.25, 0.3) is 0 Å². The summed E-state index contributed by atoms with van der Waals surface area (Å²) in [5, 5.41) is 9.11. The summed E-state index contributed by atoms with van der Waals surface area (Å²) in [6.45, 7) is 2.09. The highest BCUT2D eigenvalue weighted by molar-refractivity contribution is 7.73. The van der Waals surface area contributed by atoms with Gasteiger partial charge in [0.15, 0.2) is 10.6 Å². The van der Waals surface area contributed by atoms with E-state index in [4.69, 9.17) is 27.0 Å². The Kier molecular flexibility index (Phi) is 6.09. The molecule has 1 aromatic carbocycles. The van der Waals surface area contributed by atoms with Gasteiger partial charge >= 0.3 is 5.97 Å². The zero-order chi connectivity index (χ0) is 16.7. The molecule has 7 heteroatoms. The van der Waals surface area contributed by atoms with Gasteiger partial charge in [-0.25, -0.2) is 4.79 Å². The van der Waals surface area contributed by atoms with Crippen LogP contribution in [0, 0.1) is 15.3 Å². The van der Waals surface area contributed by atoms with Crippen molar-refractivity contribution in [3.05, 3.63) is 43.7 Å². The van der Waals surface area contributed by atoms with Gasteiger partial charge in [-0.1, -0.05) is 12.1 Å². The number of thiazole rings is 1. The molecule has 0 aliphatic carbocycles. The lowest BCUT2D eigenvalue weighted by Crippen LogP contribution is -2.23. The molecule has 23 heavy (non-hydrogen) atoms. The summed E-state index contributed by atoms with van der Waals surface area (Å²) in [6, 6.07) is 9.21. The molecule has 0 aliphatic rings. The molecule has 5 nitrogen and oxygen atoms in total. The molecule has 0 fully saturated rings. The number of H-pyrrole nitrogens is 1. The number of hydrogen-bond donors (Lipinski definition) is 1. The van der Waals surface area contributed by atoms with Gasteiger partial charge in [-0.3, -0.25) is 0 Å². The van der Waals surface area contributed by atoms with Crippen molar-refractivity contribution >= 4 is 41.7 Å².